The zero-order chi connectivity index (χ0) is 16.0. The molecular formula is C16H25F3N2. The molecule has 0 saturated carbocycles. The number of hydrogen-bond acceptors (Lipinski definition) is 2. The molecular weight excluding hydrogens is 277 g/mol. The molecule has 0 aliphatic rings. The average molecular weight is 302 g/mol. The van der Waals surface area contributed by atoms with Gasteiger partial charge in [-0.05, 0) is 39.4 Å². The number of benzene rings is 1. The quantitative estimate of drug-likeness (QED) is 0.823. The number of nitrogens with one attached hydrogen (secondary N) is 1. The van der Waals surface area contributed by atoms with Crippen LogP contribution in [-0.2, 0) is 0 Å². The van der Waals surface area contributed by atoms with Crippen LogP contribution < -0.4 is 5.32 Å². The third-order valence-corrected chi connectivity index (χ3v) is 3.58. The Kier molecular flexibility index (Phi) is 6.68. The van der Waals surface area contributed by atoms with Crippen LogP contribution in [0.1, 0.15) is 36.1 Å². The predicted octanol–water partition coefficient (Wildman–Crippen LogP) is 3.84. The van der Waals surface area contributed by atoms with Gasteiger partial charge >= 0.3 is 6.18 Å². The van der Waals surface area contributed by atoms with Crippen molar-refractivity contribution >= 4 is 0 Å². The van der Waals surface area contributed by atoms with Gasteiger partial charge in [0.05, 0.1) is 6.54 Å². The summed E-state index contributed by atoms with van der Waals surface area (Å²) in [6.45, 7) is 5.82. The fourth-order valence-electron chi connectivity index (χ4n) is 2.60. The van der Waals surface area contributed by atoms with Crippen LogP contribution in [0.2, 0.25) is 0 Å². The van der Waals surface area contributed by atoms with E-state index in [-0.39, 0.29) is 6.04 Å². The van der Waals surface area contributed by atoms with Crippen LogP contribution in [0, 0.1) is 13.8 Å². The molecule has 0 aliphatic heterocycles. The Morgan fingerprint density at radius 3 is 2.14 bits per heavy atom. The Hall–Kier alpha value is -1.07. The molecule has 0 spiro atoms. The SMILES string of the molecule is CCN(CCC(NC)c1cc(C)cc(C)c1)CC(F)(F)F. The topological polar surface area (TPSA) is 15.3 Å². The molecule has 0 aromatic heterocycles. The molecule has 120 valence electrons. The van der Waals surface area contributed by atoms with E-state index in [4.69, 9.17) is 0 Å². The van der Waals surface area contributed by atoms with Gasteiger partial charge in [0.25, 0.3) is 0 Å². The number of nitrogens with zero attached hydrogens (tertiary/aromatic N) is 1. The van der Waals surface area contributed by atoms with Crippen molar-refractivity contribution in [1.82, 2.24) is 10.2 Å². The first-order valence-electron chi connectivity index (χ1n) is 7.29. The van der Waals surface area contributed by atoms with Gasteiger partial charge in [-0.25, -0.2) is 0 Å². The average Bonchev–Trinajstić information content (AvgIpc) is 2.35. The maximum absolute atomic E-state index is 12.5. The van der Waals surface area contributed by atoms with E-state index in [1.807, 2.05) is 20.9 Å². The van der Waals surface area contributed by atoms with Gasteiger partial charge in [0.1, 0.15) is 0 Å². The van der Waals surface area contributed by atoms with Crippen molar-refractivity contribution in [2.24, 2.45) is 0 Å². The summed E-state index contributed by atoms with van der Waals surface area (Å²) >= 11 is 0. The van der Waals surface area contributed by atoms with Crippen molar-refractivity contribution in [2.45, 2.75) is 39.4 Å². The summed E-state index contributed by atoms with van der Waals surface area (Å²) in [4.78, 5) is 1.44. The first-order valence-corrected chi connectivity index (χ1v) is 7.29. The molecule has 21 heavy (non-hydrogen) atoms. The summed E-state index contributed by atoms with van der Waals surface area (Å²) in [6, 6.07) is 6.35. The molecule has 1 rings (SSSR count). The number of alkyl halides is 3. The van der Waals surface area contributed by atoms with E-state index < -0.39 is 12.7 Å². The molecule has 1 atom stereocenters. The van der Waals surface area contributed by atoms with E-state index in [9.17, 15) is 13.2 Å². The van der Waals surface area contributed by atoms with Gasteiger partial charge in [-0.2, -0.15) is 13.2 Å². The van der Waals surface area contributed by atoms with Crippen LogP contribution >= 0.6 is 0 Å². The molecule has 0 aliphatic carbocycles. The number of halogens is 3. The molecule has 1 aromatic rings. The molecule has 0 saturated heterocycles. The van der Waals surface area contributed by atoms with Gasteiger partial charge in [0.2, 0.25) is 0 Å². The first-order chi connectivity index (χ1) is 9.75. The van der Waals surface area contributed by atoms with Crippen molar-refractivity contribution < 1.29 is 13.2 Å². The maximum atomic E-state index is 12.5. The van der Waals surface area contributed by atoms with Crippen LogP contribution in [-0.4, -0.2) is 37.8 Å². The summed E-state index contributed by atoms with van der Waals surface area (Å²) in [5.74, 6) is 0. The minimum atomic E-state index is -4.13. The molecule has 5 heteroatoms. The molecule has 2 nitrogen and oxygen atoms in total. The number of rotatable bonds is 7. The van der Waals surface area contributed by atoms with E-state index >= 15 is 0 Å². The molecule has 0 radical (unpaired) electrons. The molecule has 0 bridgehead atoms. The van der Waals surface area contributed by atoms with Crippen molar-refractivity contribution in [3.8, 4) is 0 Å². The van der Waals surface area contributed by atoms with E-state index in [1.54, 1.807) is 6.92 Å². The van der Waals surface area contributed by atoms with Crippen molar-refractivity contribution in [3.05, 3.63) is 34.9 Å². The summed E-state index contributed by atoms with van der Waals surface area (Å²) in [7, 11) is 1.85. The Morgan fingerprint density at radius 1 is 1.14 bits per heavy atom. The van der Waals surface area contributed by atoms with Gasteiger partial charge in [0, 0.05) is 12.6 Å². The normalized spacial score (nSPS) is 13.7. The molecule has 0 fully saturated rings. The third-order valence-electron chi connectivity index (χ3n) is 3.58. The van der Waals surface area contributed by atoms with Gasteiger partial charge < -0.3 is 5.32 Å². The third kappa shape index (κ3) is 6.48. The van der Waals surface area contributed by atoms with Gasteiger partial charge in [-0.1, -0.05) is 36.2 Å². The van der Waals surface area contributed by atoms with Gasteiger partial charge in [-0.15, -0.1) is 0 Å². The molecule has 1 N–H and O–H groups in total. The number of aryl methyl sites for hydroxylation is 2. The summed E-state index contributed by atoms with van der Waals surface area (Å²) in [5.41, 5.74) is 3.49. The van der Waals surface area contributed by atoms with Crippen LogP contribution in [0.5, 0.6) is 0 Å². The van der Waals surface area contributed by atoms with Gasteiger partial charge in [0.15, 0.2) is 0 Å². The highest BCUT2D eigenvalue weighted by atomic mass is 19.4. The monoisotopic (exact) mass is 302 g/mol. The lowest BCUT2D eigenvalue weighted by Gasteiger charge is -2.25. The highest BCUT2D eigenvalue weighted by Crippen LogP contribution is 2.21. The van der Waals surface area contributed by atoms with E-state index in [2.05, 4.69) is 23.5 Å². The van der Waals surface area contributed by atoms with Crippen LogP contribution in [0.4, 0.5) is 13.2 Å². The van der Waals surface area contributed by atoms with E-state index in [0.717, 1.165) is 5.56 Å². The zero-order valence-electron chi connectivity index (χ0n) is 13.2. The fraction of sp³-hybridized carbons (Fsp3) is 0.625. The van der Waals surface area contributed by atoms with Crippen molar-refractivity contribution in [2.75, 3.05) is 26.7 Å². The Balaban J connectivity index is 2.69. The molecule has 1 aromatic carbocycles. The molecule has 1 unspecified atom stereocenters. The molecule has 0 heterocycles. The smallest absolute Gasteiger partial charge is 0.313 e. The van der Waals surface area contributed by atoms with Crippen molar-refractivity contribution in [1.29, 1.82) is 0 Å². The second-order valence-electron chi connectivity index (χ2n) is 5.53. The molecule has 0 amide bonds. The highest BCUT2D eigenvalue weighted by Gasteiger charge is 2.30. The Morgan fingerprint density at radius 2 is 1.71 bits per heavy atom. The lowest BCUT2D eigenvalue weighted by molar-refractivity contribution is -0.145. The standard InChI is InChI=1S/C16H25F3N2/c1-5-21(11-16(17,18)19)7-6-15(20-4)14-9-12(2)8-13(3)10-14/h8-10,15,20H,5-7,11H2,1-4H3. The van der Waals surface area contributed by atoms with Crippen molar-refractivity contribution in [3.63, 3.8) is 0 Å². The minimum Gasteiger partial charge on any atom is -0.313 e. The highest BCUT2D eigenvalue weighted by molar-refractivity contribution is 5.30. The second kappa shape index (κ2) is 7.80. The first kappa shape index (κ1) is 18.0. The second-order valence-corrected chi connectivity index (χ2v) is 5.53. The summed E-state index contributed by atoms with van der Waals surface area (Å²) in [6.07, 6.45) is -3.48. The largest absolute Gasteiger partial charge is 0.401 e. The Labute approximate surface area is 125 Å². The summed E-state index contributed by atoms with van der Waals surface area (Å²) < 4.78 is 37.4. The Bertz CT molecular complexity index is 423. The number of hydrogen-bond donors (Lipinski definition) is 1. The lowest BCUT2D eigenvalue weighted by atomic mass is 9.99. The van der Waals surface area contributed by atoms with Gasteiger partial charge in [-0.3, -0.25) is 4.90 Å². The summed E-state index contributed by atoms with van der Waals surface area (Å²) in [5, 5.41) is 3.21. The van der Waals surface area contributed by atoms with E-state index in [1.165, 1.54) is 16.0 Å². The maximum Gasteiger partial charge on any atom is 0.401 e. The zero-order valence-corrected chi connectivity index (χ0v) is 13.2. The van der Waals surface area contributed by atoms with Crippen LogP contribution in [0.3, 0.4) is 0 Å². The van der Waals surface area contributed by atoms with Crippen LogP contribution in [0.25, 0.3) is 0 Å². The fourth-order valence-corrected chi connectivity index (χ4v) is 2.60. The van der Waals surface area contributed by atoms with Crippen LogP contribution in [0.15, 0.2) is 18.2 Å². The lowest BCUT2D eigenvalue weighted by Crippen LogP contribution is -2.36. The van der Waals surface area contributed by atoms with E-state index in [0.29, 0.717) is 19.5 Å². The predicted molar refractivity (Wildman–Crippen MR) is 80.5 cm³/mol. The minimum absolute atomic E-state index is 0.0749.